The van der Waals surface area contributed by atoms with Gasteiger partial charge in [0.25, 0.3) is 0 Å². The van der Waals surface area contributed by atoms with Gasteiger partial charge in [-0.25, -0.2) is 13.1 Å². The lowest BCUT2D eigenvalue weighted by molar-refractivity contribution is 0.325. The van der Waals surface area contributed by atoms with E-state index in [1.54, 1.807) is 12.1 Å². The SMILES string of the molecule is Cc1ccc2c(c1)[C@@H](NS(=O)(=O)c1ccc(N)cc1)CO2. The van der Waals surface area contributed by atoms with Crippen molar-refractivity contribution in [3.05, 3.63) is 53.6 Å². The normalized spacial score (nSPS) is 17.3. The number of hydrogen-bond acceptors (Lipinski definition) is 4. The van der Waals surface area contributed by atoms with E-state index in [0.717, 1.165) is 16.9 Å². The zero-order valence-electron chi connectivity index (χ0n) is 11.5. The van der Waals surface area contributed by atoms with Gasteiger partial charge in [-0.15, -0.1) is 0 Å². The van der Waals surface area contributed by atoms with E-state index in [1.165, 1.54) is 12.1 Å². The molecule has 0 saturated carbocycles. The van der Waals surface area contributed by atoms with Crippen LogP contribution in [0.25, 0.3) is 0 Å². The molecule has 0 spiro atoms. The zero-order valence-corrected chi connectivity index (χ0v) is 12.4. The van der Waals surface area contributed by atoms with E-state index < -0.39 is 10.0 Å². The molecule has 6 heteroatoms. The van der Waals surface area contributed by atoms with Gasteiger partial charge < -0.3 is 10.5 Å². The second-order valence-electron chi connectivity index (χ2n) is 5.10. The number of fused-ring (bicyclic) bond motifs is 1. The Morgan fingerprint density at radius 1 is 1.19 bits per heavy atom. The zero-order chi connectivity index (χ0) is 15.0. The lowest BCUT2D eigenvalue weighted by Gasteiger charge is -2.13. The van der Waals surface area contributed by atoms with Crippen LogP contribution in [0.4, 0.5) is 5.69 Å². The number of nitrogens with two attached hydrogens (primary N) is 1. The molecule has 0 saturated heterocycles. The molecule has 1 atom stereocenters. The number of ether oxygens (including phenoxy) is 1. The fourth-order valence-electron chi connectivity index (χ4n) is 2.33. The number of aryl methyl sites for hydroxylation is 1. The topological polar surface area (TPSA) is 81.4 Å². The average Bonchev–Trinajstić information content (AvgIpc) is 2.81. The molecule has 1 aliphatic heterocycles. The molecule has 3 rings (SSSR count). The Morgan fingerprint density at radius 2 is 1.90 bits per heavy atom. The summed E-state index contributed by atoms with van der Waals surface area (Å²) < 4.78 is 33.0. The fourth-order valence-corrected chi connectivity index (χ4v) is 3.53. The van der Waals surface area contributed by atoms with Gasteiger partial charge in [0.05, 0.1) is 10.9 Å². The first-order valence-electron chi connectivity index (χ1n) is 6.57. The maximum Gasteiger partial charge on any atom is 0.241 e. The summed E-state index contributed by atoms with van der Waals surface area (Å²) in [5.41, 5.74) is 8.04. The third-order valence-corrected chi connectivity index (χ3v) is 4.92. The molecule has 2 aromatic rings. The molecule has 2 aromatic carbocycles. The number of nitrogen functional groups attached to an aromatic ring is 1. The standard InChI is InChI=1S/C15H16N2O3S/c1-10-2-7-15-13(8-10)14(9-20-15)17-21(18,19)12-5-3-11(16)4-6-12/h2-8,14,17H,9,16H2,1H3/t14-/m0/s1. The number of nitrogens with one attached hydrogen (secondary N) is 1. The van der Waals surface area contributed by atoms with Gasteiger partial charge in [-0.1, -0.05) is 17.7 Å². The maximum absolute atomic E-state index is 12.4. The Balaban J connectivity index is 1.88. The van der Waals surface area contributed by atoms with Gasteiger partial charge in [0.2, 0.25) is 10.0 Å². The monoisotopic (exact) mass is 304 g/mol. The predicted molar refractivity (Wildman–Crippen MR) is 80.6 cm³/mol. The number of benzene rings is 2. The Kier molecular flexibility index (Phi) is 3.35. The van der Waals surface area contributed by atoms with Crippen molar-refractivity contribution in [2.75, 3.05) is 12.3 Å². The van der Waals surface area contributed by atoms with Crippen LogP contribution in [0.2, 0.25) is 0 Å². The number of hydrogen-bond donors (Lipinski definition) is 2. The molecule has 21 heavy (non-hydrogen) atoms. The van der Waals surface area contributed by atoms with Gasteiger partial charge in [0, 0.05) is 11.3 Å². The van der Waals surface area contributed by atoms with Gasteiger partial charge in [0.1, 0.15) is 12.4 Å². The Morgan fingerprint density at radius 3 is 2.62 bits per heavy atom. The van der Waals surface area contributed by atoms with E-state index in [4.69, 9.17) is 10.5 Å². The summed E-state index contributed by atoms with van der Waals surface area (Å²) in [6.07, 6.45) is 0. The largest absolute Gasteiger partial charge is 0.491 e. The van der Waals surface area contributed by atoms with Crippen LogP contribution in [0.3, 0.4) is 0 Å². The molecule has 0 radical (unpaired) electrons. The van der Waals surface area contributed by atoms with E-state index in [2.05, 4.69) is 4.72 Å². The third kappa shape index (κ3) is 2.72. The Bertz CT molecular complexity index is 770. The lowest BCUT2D eigenvalue weighted by Crippen LogP contribution is -2.29. The first-order valence-corrected chi connectivity index (χ1v) is 8.05. The molecule has 3 N–H and O–H groups in total. The van der Waals surface area contributed by atoms with Crippen LogP contribution in [-0.4, -0.2) is 15.0 Å². The summed E-state index contributed by atoms with van der Waals surface area (Å²) >= 11 is 0. The lowest BCUT2D eigenvalue weighted by atomic mass is 10.1. The summed E-state index contributed by atoms with van der Waals surface area (Å²) in [4.78, 5) is 0.192. The molecule has 0 unspecified atom stereocenters. The third-order valence-electron chi connectivity index (χ3n) is 3.43. The van der Waals surface area contributed by atoms with Gasteiger partial charge in [-0.05, 0) is 37.3 Å². The van der Waals surface area contributed by atoms with E-state index in [1.807, 2.05) is 25.1 Å². The highest BCUT2D eigenvalue weighted by molar-refractivity contribution is 7.89. The minimum atomic E-state index is -3.60. The van der Waals surface area contributed by atoms with E-state index in [0.29, 0.717) is 12.3 Å². The second-order valence-corrected chi connectivity index (χ2v) is 6.81. The molecule has 1 aliphatic rings. The Hall–Kier alpha value is -2.05. The van der Waals surface area contributed by atoms with E-state index in [-0.39, 0.29) is 10.9 Å². The van der Waals surface area contributed by atoms with Crippen molar-refractivity contribution in [3.8, 4) is 5.75 Å². The predicted octanol–water partition coefficient (Wildman–Crippen LogP) is 1.99. The van der Waals surface area contributed by atoms with Gasteiger partial charge in [0.15, 0.2) is 0 Å². The highest BCUT2D eigenvalue weighted by Gasteiger charge is 2.28. The van der Waals surface area contributed by atoms with Gasteiger partial charge >= 0.3 is 0 Å². The summed E-state index contributed by atoms with van der Waals surface area (Å²) in [5.74, 6) is 0.727. The second kappa shape index (κ2) is 5.05. The molecule has 0 aromatic heterocycles. The summed E-state index contributed by atoms with van der Waals surface area (Å²) in [5, 5.41) is 0. The molecule has 0 bridgehead atoms. The molecule has 0 aliphatic carbocycles. The van der Waals surface area contributed by atoms with Crippen molar-refractivity contribution in [1.29, 1.82) is 0 Å². The van der Waals surface area contributed by atoms with Crippen LogP contribution in [0.1, 0.15) is 17.2 Å². The van der Waals surface area contributed by atoms with Crippen molar-refractivity contribution in [2.45, 2.75) is 17.9 Å². The smallest absolute Gasteiger partial charge is 0.241 e. The van der Waals surface area contributed by atoms with Crippen molar-refractivity contribution in [2.24, 2.45) is 0 Å². The molecular formula is C15H16N2O3S. The van der Waals surface area contributed by atoms with Crippen molar-refractivity contribution < 1.29 is 13.2 Å². The summed E-state index contributed by atoms with van der Waals surface area (Å²) in [7, 11) is -3.60. The molecule has 110 valence electrons. The van der Waals surface area contributed by atoms with Crippen LogP contribution < -0.4 is 15.2 Å². The highest BCUT2D eigenvalue weighted by Crippen LogP contribution is 2.33. The van der Waals surface area contributed by atoms with Gasteiger partial charge in [-0.3, -0.25) is 0 Å². The number of rotatable bonds is 3. The van der Waals surface area contributed by atoms with Crippen LogP contribution in [0.5, 0.6) is 5.75 Å². The van der Waals surface area contributed by atoms with Crippen LogP contribution in [0, 0.1) is 6.92 Å². The molecule has 5 nitrogen and oxygen atoms in total. The van der Waals surface area contributed by atoms with E-state index >= 15 is 0 Å². The minimum Gasteiger partial charge on any atom is -0.491 e. The van der Waals surface area contributed by atoms with Crippen LogP contribution in [-0.2, 0) is 10.0 Å². The fraction of sp³-hybridized carbons (Fsp3) is 0.200. The highest BCUT2D eigenvalue weighted by atomic mass is 32.2. The first kappa shape index (κ1) is 13.9. The Labute approximate surface area is 123 Å². The number of sulfonamides is 1. The van der Waals surface area contributed by atoms with Crippen molar-refractivity contribution >= 4 is 15.7 Å². The molecule has 0 fully saturated rings. The summed E-state index contributed by atoms with van der Waals surface area (Å²) in [6.45, 7) is 2.26. The molecular weight excluding hydrogens is 288 g/mol. The van der Waals surface area contributed by atoms with Crippen LogP contribution >= 0.6 is 0 Å². The quantitative estimate of drug-likeness (QED) is 0.850. The van der Waals surface area contributed by atoms with Crippen molar-refractivity contribution in [3.63, 3.8) is 0 Å². The minimum absolute atomic E-state index is 0.192. The molecule has 1 heterocycles. The maximum atomic E-state index is 12.4. The van der Waals surface area contributed by atoms with Crippen molar-refractivity contribution in [1.82, 2.24) is 4.72 Å². The van der Waals surface area contributed by atoms with E-state index in [9.17, 15) is 8.42 Å². The molecule has 0 amide bonds. The number of anilines is 1. The first-order chi connectivity index (χ1) is 9.95. The summed E-state index contributed by atoms with van der Waals surface area (Å²) in [6, 6.07) is 11.5. The van der Waals surface area contributed by atoms with Gasteiger partial charge in [-0.2, -0.15) is 0 Å². The average molecular weight is 304 g/mol. The van der Waals surface area contributed by atoms with Crippen LogP contribution in [0.15, 0.2) is 47.4 Å².